The van der Waals surface area contributed by atoms with Gasteiger partial charge in [-0.2, -0.15) is 9.67 Å². The molecule has 4 rings (SSSR count). The molecule has 0 saturated carbocycles. The summed E-state index contributed by atoms with van der Waals surface area (Å²) in [7, 11) is 0. The monoisotopic (exact) mass is 392 g/mol. The minimum Gasteiger partial charge on any atom is -0.244 e. The van der Waals surface area contributed by atoms with Crippen LogP contribution in [0.15, 0.2) is 47.5 Å². The topological polar surface area (TPSA) is 67.7 Å². The zero-order valence-electron chi connectivity index (χ0n) is 12.8. The summed E-state index contributed by atoms with van der Waals surface area (Å²) in [6, 6.07) is 9.35. The summed E-state index contributed by atoms with van der Waals surface area (Å²) in [5.41, 5.74) is 2.42. The standard InChI is InChI=1S/C16H11Cl2N5OS/c17-13-5-4-10(7-19-13)9-22-14-3-1-2-11(23(14)21-16(22)24)6-12-8-20-15(18)25-12/h1-5,7-8H,6,9H2/p+1. The van der Waals surface area contributed by atoms with Crippen molar-refractivity contribution in [3.8, 4) is 0 Å². The molecular weight excluding hydrogens is 381 g/mol. The number of halogens is 2. The van der Waals surface area contributed by atoms with Gasteiger partial charge in [-0.3, -0.25) is 0 Å². The van der Waals surface area contributed by atoms with Crippen LogP contribution in [0.1, 0.15) is 16.1 Å². The van der Waals surface area contributed by atoms with Crippen molar-refractivity contribution >= 4 is 40.2 Å². The Hall–Kier alpha value is -2.22. The van der Waals surface area contributed by atoms with Gasteiger partial charge in [0.15, 0.2) is 4.47 Å². The molecule has 1 N–H and O–H groups in total. The van der Waals surface area contributed by atoms with Crippen LogP contribution in [0.3, 0.4) is 0 Å². The molecule has 0 fully saturated rings. The maximum absolute atomic E-state index is 12.4. The molecule has 0 saturated heterocycles. The van der Waals surface area contributed by atoms with Crippen LogP contribution in [0, 0.1) is 0 Å². The molecule has 126 valence electrons. The summed E-state index contributed by atoms with van der Waals surface area (Å²) < 4.78 is 3.96. The van der Waals surface area contributed by atoms with Crippen molar-refractivity contribution in [1.29, 1.82) is 0 Å². The van der Waals surface area contributed by atoms with Crippen LogP contribution in [-0.4, -0.2) is 19.6 Å². The highest BCUT2D eigenvalue weighted by molar-refractivity contribution is 7.15. The predicted octanol–water partition coefficient (Wildman–Crippen LogP) is 2.71. The highest BCUT2D eigenvalue weighted by Gasteiger charge is 2.19. The van der Waals surface area contributed by atoms with E-state index in [-0.39, 0.29) is 5.69 Å². The Morgan fingerprint density at radius 2 is 2.04 bits per heavy atom. The average Bonchev–Trinajstić information content (AvgIpc) is 3.14. The average molecular weight is 393 g/mol. The van der Waals surface area contributed by atoms with Crippen LogP contribution in [0.25, 0.3) is 5.65 Å². The second kappa shape index (κ2) is 6.59. The SMILES string of the molecule is O=c1[nH][n+]2c(Cc3cnc(Cl)s3)cccc2n1Cc1ccc(Cl)nc1. The van der Waals surface area contributed by atoms with Gasteiger partial charge in [0.25, 0.3) is 0 Å². The highest BCUT2D eigenvalue weighted by atomic mass is 35.5. The summed E-state index contributed by atoms with van der Waals surface area (Å²) in [5.74, 6) is 0. The molecule has 0 aliphatic heterocycles. The van der Waals surface area contributed by atoms with Crippen LogP contribution in [0.4, 0.5) is 0 Å². The maximum atomic E-state index is 12.4. The molecular formula is C16H12Cl2N5OS+. The highest BCUT2D eigenvalue weighted by Crippen LogP contribution is 2.19. The number of H-pyrrole nitrogens is 1. The van der Waals surface area contributed by atoms with E-state index in [1.54, 1.807) is 27.5 Å². The van der Waals surface area contributed by atoms with E-state index >= 15 is 0 Å². The normalized spacial score (nSPS) is 11.3. The predicted molar refractivity (Wildman–Crippen MR) is 96.5 cm³/mol. The van der Waals surface area contributed by atoms with Gasteiger partial charge >= 0.3 is 11.3 Å². The van der Waals surface area contributed by atoms with Crippen LogP contribution in [0.2, 0.25) is 9.62 Å². The Morgan fingerprint density at radius 1 is 1.16 bits per heavy atom. The van der Waals surface area contributed by atoms with Gasteiger partial charge < -0.3 is 0 Å². The Bertz CT molecular complexity index is 1100. The minimum absolute atomic E-state index is 0.190. The Labute approximate surface area is 156 Å². The zero-order valence-corrected chi connectivity index (χ0v) is 15.1. The summed E-state index contributed by atoms with van der Waals surface area (Å²) in [4.78, 5) is 21.6. The summed E-state index contributed by atoms with van der Waals surface area (Å²) in [5, 5.41) is 3.31. The van der Waals surface area contributed by atoms with E-state index in [1.165, 1.54) is 11.3 Å². The largest absolute Gasteiger partial charge is 0.444 e. The molecule has 4 aromatic rings. The number of rotatable bonds is 4. The van der Waals surface area contributed by atoms with Gasteiger partial charge in [-0.15, -0.1) is 15.9 Å². The molecule has 0 radical (unpaired) electrons. The van der Waals surface area contributed by atoms with E-state index in [0.717, 1.165) is 21.8 Å². The van der Waals surface area contributed by atoms with E-state index in [0.29, 0.717) is 22.6 Å². The third-order valence-electron chi connectivity index (χ3n) is 3.79. The van der Waals surface area contributed by atoms with Crippen molar-refractivity contribution in [2.24, 2.45) is 0 Å². The first kappa shape index (κ1) is 16.3. The van der Waals surface area contributed by atoms with Gasteiger partial charge in [0.1, 0.15) is 17.4 Å². The lowest BCUT2D eigenvalue weighted by atomic mass is 10.2. The number of hydrogen-bond acceptors (Lipinski definition) is 4. The minimum atomic E-state index is -0.190. The van der Waals surface area contributed by atoms with E-state index < -0.39 is 0 Å². The van der Waals surface area contributed by atoms with Crippen molar-refractivity contribution in [3.05, 3.63) is 79.0 Å². The quantitative estimate of drug-likeness (QED) is 0.428. The number of pyridine rings is 2. The Balaban J connectivity index is 1.74. The second-order valence-electron chi connectivity index (χ2n) is 5.46. The van der Waals surface area contributed by atoms with E-state index in [4.69, 9.17) is 23.2 Å². The summed E-state index contributed by atoms with van der Waals surface area (Å²) in [6.07, 6.45) is 4.05. The van der Waals surface area contributed by atoms with Crippen molar-refractivity contribution in [3.63, 3.8) is 0 Å². The number of aromatic nitrogens is 5. The number of aromatic amines is 1. The van der Waals surface area contributed by atoms with Gasteiger partial charge in [-0.25, -0.2) is 14.8 Å². The molecule has 0 atom stereocenters. The van der Waals surface area contributed by atoms with E-state index in [1.807, 2.05) is 24.3 Å². The molecule has 25 heavy (non-hydrogen) atoms. The molecule has 9 heteroatoms. The molecule has 0 aromatic carbocycles. The fourth-order valence-electron chi connectivity index (χ4n) is 2.66. The van der Waals surface area contributed by atoms with Gasteiger partial charge in [0.2, 0.25) is 0 Å². The number of fused-ring (bicyclic) bond motifs is 1. The fraction of sp³-hybridized carbons (Fsp3) is 0.125. The molecule has 6 nitrogen and oxygen atoms in total. The van der Waals surface area contributed by atoms with Gasteiger partial charge in [-0.1, -0.05) is 35.3 Å². The number of hydrogen-bond donors (Lipinski definition) is 1. The van der Waals surface area contributed by atoms with E-state index in [9.17, 15) is 4.79 Å². The molecule has 0 aliphatic carbocycles. The number of thiazole rings is 1. The number of nitrogens with one attached hydrogen (secondary N) is 1. The van der Waals surface area contributed by atoms with Crippen LogP contribution in [-0.2, 0) is 13.0 Å². The fourth-order valence-corrected chi connectivity index (χ4v) is 3.76. The lowest BCUT2D eigenvalue weighted by Gasteiger charge is -1.99. The van der Waals surface area contributed by atoms with Crippen LogP contribution in [0.5, 0.6) is 0 Å². The van der Waals surface area contributed by atoms with Crippen molar-refractivity contribution in [2.45, 2.75) is 13.0 Å². The molecule has 0 amide bonds. The first-order valence-electron chi connectivity index (χ1n) is 7.43. The van der Waals surface area contributed by atoms with E-state index in [2.05, 4.69) is 15.1 Å². The molecule has 0 unspecified atom stereocenters. The van der Waals surface area contributed by atoms with Crippen molar-refractivity contribution < 1.29 is 4.52 Å². The van der Waals surface area contributed by atoms with Crippen molar-refractivity contribution in [1.82, 2.24) is 19.6 Å². The van der Waals surface area contributed by atoms with Crippen LogP contribution < -0.4 is 10.2 Å². The summed E-state index contributed by atoms with van der Waals surface area (Å²) in [6.45, 7) is 0.409. The zero-order chi connectivity index (χ0) is 17.4. The molecule has 0 bridgehead atoms. The lowest BCUT2D eigenvalue weighted by molar-refractivity contribution is -0.587. The molecule has 4 aromatic heterocycles. The smallest absolute Gasteiger partial charge is 0.244 e. The second-order valence-corrected chi connectivity index (χ2v) is 7.54. The maximum Gasteiger partial charge on any atom is 0.444 e. The lowest BCUT2D eigenvalue weighted by Crippen LogP contribution is -2.31. The molecule has 0 aliphatic rings. The molecule has 0 spiro atoms. The third-order valence-corrected chi connectivity index (χ3v) is 5.13. The third kappa shape index (κ3) is 3.30. The molecule has 4 heterocycles. The van der Waals surface area contributed by atoms with Gasteiger partial charge in [-0.05, 0) is 12.1 Å². The van der Waals surface area contributed by atoms with Gasteiger partial charge in [0.05, 0.1) is 0 Å². The first-order chi connectivity index (χ1) is 12.1. The Kier molecular flexibility index (Phi) is 4.29. The van der Waals surface area contributed by atoms with Crippen LogP contribution >= 0.6 is 34.5 Å². The van der Waals surface area contributed by atoms with Gasteiger partial charge in [0, 0.05) is 35.3 Å². The van der Waals surface area contributed by atoms with Crippen molar-refractivity contribution in [2.75, 3.05) is 0 Å². The summed E-state index contributed by atoms with van der Waals surface area (Å²) >= 11 is 13.1. The first-order valence-corrected chi connectivity index (χ1v) is 9.00. The Morgan fingerprint density at radius 3 is 2.76 bits per heavy atom. The number of nitrogens with zero attached hydrogens (tertiary/aromatic N) is 4.